The first-order valence-corrected chi connectivity index (χ1v) is 4.96. The molecule has 84 valence electrons. The van der Waals surface area contributed by atoms with Crippen LogP contribution in [0.3, 0.4) is 0 Å². The molecule has 1 aromatic carbocycles. The van der Waals surface area contributed by atoms with Gasteiger partial charge in [-0.2, -0.15) is 0 Å². The number of carbonyl (C=O) groups is 1. The lowest BCUT2D eigenvalue weighted by molar-refractivity contribution is -0.115. The molecule has 1 unspecified atom stereocenters. The van der Waals surface area contributed by atoms with Crippen LogP contribution in [0.25, 0.3) is 5.57 Å². The Balaban J connectivity index is 2.25. The van der Waals surface area contributed by atoms with Gasteiger partial charge in [0.15, 0.2) is 12.4 Å². The SMILES string of the molecule is O=CC1CCC(c2ccc(F)cc2F)=CO1. The predicted octanol–water partition coefficient (Wildman–Crippen LogP) is 2.68. The van der Waals surface area contributed by atoms with Crippen LogP contribution in [0.15, 0.2) is 24.5 Å². The number of hydrogen-bond donors (Lipinski definition) is 0. The monoisotopic (exact) mass is 224 g/mol. The molecular formula is C12H10F2O2. The molecule has 2 nitrogen and oxygen atoms in total. The van der Waals surface area contributed by atoms with Crippen LogP contribution in [0.5, 0.6) is 0 Å². The van der Waals surface area contributed by atoms with Gasteiger partial charge in [-0.15, -0.1) is 0 Å². The van der Waals surface area contributed by atoms with Gasteiger partial charge in [0, 0.05) is 11.6 Å². The van der Waals surface area contributed by atoms with E-state index in [1.807, 2.05) is 0 Å². The van der Waals surface area contributed by atoms with Gasteiger partial charge in [-0.1, -0.05) is 0 Å². The molecule has 1 atom stereocenters. The fraction of sp³-hybridized carbons (Fsp3) is 0.250. The van der Waals surface area contributed by atoms with Crippen molar-refractivity contribution in [3.8, 4) is 0 Å². The summed E-state index contributed by atoms with van der Waals surface area (Å²) in [5.41, 5.74) is 0.973. The first-order valence-electron chi connectivity index (χ1n) is 4.96. The zero-order valence-corrected chi connectivity index (χ0v) is 8.45. The molecule has 16 heavy (non-hydrogen) atoms. The molecule has 2 rings (SSSR count). The van der Waals surface area contributed by atoms with E-state index in [1.165, 1.54) is 18.4 Å². The quantitative estimate of drug-likeness (QED) is 0.722. The van der Waals surface area contributed by atoms with Crippen LogP contribution in [0.2, 0.25) is 0 Å². The highest BCUT2D eigenvalue weighted by molar-refractivity contribution is 5.67. The summed E-state index contributed by atoms with van der Waals surface area (Å²) in [7, 11) is 0. The Morgan fingerprint density at radius 3 is 2.75 bits per heavy atom. The van der Waals surface area contributed by atoms with Crippen LogP contribution in [-0.2, 0) is 9.53 Å². The van der Waals surface area contributed by atoms with Gasteiger partial charge >= 0.3 is 0 Å². The number of allylic oxidation sites excluding steroid dienone is 1. The lowest BCUT2D eigenvalue weighted by Gasteiger charge is -2.19. The van der Waals surface area contributed by atoms with Crippen molar-refractivity contribution in [1.82, 2.24) is 0 Å². The predicted molar refractivity (Wildman–Crippen MR) is 54.5 cm³/mol. The summed E-state index contributed by atoms with van der Waals surface area (Å²) in [5.74, 6) is -1.22. The second-order valence-corrected chi connectivity index (χ2v) is 3.62. The van der Waals surface area contributed by atoms with Gasteiger partial charge in [-0.05, 0) is 30.5 Å². The van der Waals surface area contributed by atoms with Crippen molar-refractivity contribution in [1.29, 1.82) is 0 Å². The molecule has 0 spiro atoms. The zero-order valence-electron chi connectivity index (χ0n) is 8.45. The summed E-state index contributed by atoms with van der Waals surface area (Å²) in [6.45, 7) is 0. The third-order valence-electron chi connectivity index (χ3n) is 2.51. The maximum Gasteiger partial charge on any atom is 0.160 e. The fourth-order valence-corrected chi connectivity index (χ4v) is 1.64. The second kappa shape index (κ2) is 4.43. The average Bonchev–Trinajstić information content (AvgIpc) is 2.29. The van der Waals surface area contributed by atoms with E-state index in [1.54, 1.807) is 0 Å². The number of benzene rings is 1. The molecule has 0 bridgehead atoms. The van der Waals surface area contributed by atoms with E-state index in [4.69, 9.17) is 4.74 Å². The second-order valence-electron chi connectivity index (χ2n) is 3.62. The van der Waals surface area contributed by atoms with Crippen LogP contribution in [0, 0.1) is 11.6 Å². The topological polar surface area (TPSA) is 26.3 Å². The number of carbonyl (C=O) groups excluding carboxylic acids is 1. The third kappa shape index (κ3) is 2.10. The van der Waals surface area contributed by atoms with Gasteiger partial charge < -0.3 is 4.74 Å². The molecule has 4 heteroatoms. The van der Waals surface area contributed by atoms with Gasteiger partial charge in [-0.25, -0.2) is 8.78 Å². The molecule has 0 radical (unpaired) electrons. The lowest BCUT2D eigenvalue weighted by atomic mass is 9.98. The first-order chi connectivity index (χ1) is 7.70. The minimum Gasteiger partial charge on any atom is -0.490 e. The Morgan fingerprint density at radius 2 is 2.19 bits per heavy atom. The summed E-state index contributed by atoms with van der Waals surface area (Å²) in [6.07, 6.45) is 2.71. The average molecular weight is 224 g/mol. The summed E-state index contributed by atoms with van der Waals surface area (Å²) in [4.78, 5) is 10.4. The molecule has 0 saturated heterocycles. The number of halogens is 2. The van der Waals surface area contributed by atoms with E-state index in [9.17, 15) is 13.6 Å². The van der Waals surface area contributed by atoms with E-state index in [0.717, 1.165) is 6.07 Å². The first kappa shape index (κ1) is 10.8. The van der Waals surface area contributed by atoms with Gasteiger partial charge in [0.25, 0.3) is 0 Å². The molecule has 1 aromatic rings. The Kier molecular flexibility index (Phi) is 2.99. The van der Waals surface area contributed by atoms with Crippen LogP contribution in [-0.4, -0.2) is 12.4 Å². The summed E-state index contributed by atoms with van der Waals surface area (Å²) < 4.78 is 31.2. The Morgan fingerprint density at radius 1 is 1.38 bits per heavy atom. The lowest BCUT2D eigenvalue weighted by Crippen LogP contribution is -2.15. The van der Waals surface area contributed by atoms with Gasteiger partial charge in [0.05, 0.1) is 6.26 Å². The van der Waals surface area contributed by atoms with Crippen LogP contribution < -0.4 is 0 Å². The van der Waals surface area contributed by atoms with E-state index in [0.29, 0.717) is 30.3 Å². The van der Waals surface area contributed by atoms with E-state index < -0.39 is 17.7 Å². The van der Waals surface area contributed by atoms with Gasteiger partial charge in [0.1, 0.15) is 11.6 Å². The maximum atomic E-state index is 13.4. The molecule has 0 N–H and O–H groups in total. The molecule has 1 heterocycles. The Hall–Kier alpha value is -1.71. The molecule has 0 aromatic heterocycles. The molecule has 1 aliphatic heterocycles. The van der Waals surface area contributed by atoms with E-state index in [2.05, 4.69) is 0 Å². The van der Waals surface area contributed by atoms with Gasteiger partial charge in [-0.3, -0.25) is 4.79 Å². The van der Waals surface area contributed by atoms with E-state index in [-0.39, 0.29) is 0 Å². The summed E-state index contributed by atoms with van der Waals surface area (Å²) >= 11 is 0. The molecule has 1 aliphatic rings. The fourth-order valence-electron chi connectivity index (χ4n) is 1.64. The smallest absolute Gasteiger partial charge is 0.160 e. The normalized spacial score (nSPS) is 19.9. The highest BCUT2D eigenvalue weighted by Crippen LogP contribution is 2.27. The number of hydrogen-bond acceptors (Lipinski definition) is 2. The third-order valence-corrected chi connectivity index (χ3v) is 2.51. The Labute approximate surface area is 91.5 Å². The maximum absolute atomic E-state index is 13.4. The minimum absolute atomic E-state index is 0.325. The largest absolute Gasteiger partial charge is 0.490 e. The van der Waals surface area contributed by atoms with Crippen molar-refractivity contribution in [3.63, 3.8) is 0 Å². The standard InChI is InChI=1S/C12H10F2O2/c13-9-2-4-11(12(14)5-9)8-1-3-10(6-15)16-7-8/h2,4-7,10H,1,3H2. The molecule has 0 aliphatic carbocycles. The van der Waals surface area contributed by atoms with E-state index >= 15 is 0 Å². The van der Waals surface area contributed by atoms with Crippen molar-refractivity contribution in [3.05, 3.63) is 41.7 Å². The molecule has 0 saturated carbocycles. The molecule has 0 amide bonds. The minimum atomic E-state index is -0.612. The van der Waals surface area contributed by atoms with Crippen LogP contribution in [0.4, 0.5) is 8.78 Å². The number of ether oxygens (including phenoxy) is 1. The zero-order chi connectivity index (χ0) is 11.5. The highest BCUT2D eigenvalue weighted by atomic mass is 19.1. The molecular weight excluding hydrogens is 214 g/mol. The van der Waals surface area contributed by atoms with Crippen LogP contribution >= 0.6 is 0 Å². The summed E-state index contributed by atoms with van der Waals surface area (Å²) in [5, 5.41) is 0. The van der Waals surface area contributed by atoms with Crippen molar-refractivity contribution in [2.75, 3.05) is 0 Å². The Bertz CT molecular complexity index is 441. The van der Waals surface area contributed by atoms with Crippen molar-refractivity contribution >= 4 is 11.9 Å². The molecule has 0 fully saturated rings. The summed E-state index contributed by atoms with van der Waals surface area (Å²) in [6, 6.07) is 3.41. The van der Waals surface area contributed by atoms with Gasteiger partial charge in [0.2, 0.25) is 0 Å². The number of rotatable bonds is 2. The van der Waals surface area contributed by atoms with Crippen LogP contribution in [0.1, 0.15) is 18.4 Å². The van der Waals surface area contributed by atoms with Crippen molar-refractivity contribution in [2.45, 2.75) is 18.9 Å². The van der Waals surface area contributed by atoms with Crippen molar-refractivity contribution < 1.29 is 18.3 Å². The van der Waals surface area contributed by atoms with Crippen molar-refractivity contribution in [2.24, 2.45) is 0 Å². The highest BCUT2D eigenvalue weighted by Gasteiger charge is 2.17. The number of aldehydes is 1.